The van der Waals surface area contributed by atoms with Crippen LogP contribution in [0, 0.1) is 11.3 Å². The van der Waals surface area contributed by atoms with Gasteiger partial charge in [0.1, 0.15) is 5.70 Å². The third-order valence-corrected chi connectivity index (χ3v) is 5.18. The predicted molar refractivity (Wildman–Crippen MR) is 89.9 cm³/mol. The summed E-state index contributed by atoms with van der Waals surface area (Å²) in [6, 6.07) is -0.963. The third-order valence-electron chi connectivity index (χ3n) is 4.01. The minimum atomic E-state index is -1.26. The van der Waals surface area contributed by atoms with Gasteiger partial charge in [0.15, 0.2) is 0 Å². The first-order chi connectivity index (χ1) is 11.1. The Bertz CT molecular complexity index is 525. The van der Waals surface area contributed by atoms with E-state index in [1.54, 1.807) is 0 Å². The van der Waals surface area contributed by atoms with Crippen molar-refractivity contribution in [3.05, 3.63) is 11.8 Å². The van der Waals surface area contributed by atoms with Gasteiger partial charge >= 0.3 is 35.5 Å². The van der Waals surface area contributed by atoms with Crippen molar-refractivity contribution in [3.63, 3.8) is 0 Å². The average molecular weight is 380 g/mol. The van der Waals surface area contributed by atoms with Gasteiger partial charge in [-0.05, 0) is 36.9 Å². The van der Waals surface area contributed by atoms with Crippen molar-refractivity contribution in [1.82, 2.24) is 5.32 Å². The topological polar surface area (TPSA) is 133 Å². The molecule has 2 atom stereocenters. The van der Waals surface area contributed by atoms with Gasteiger partial charge in [-0.3, -0.25) is 4.79 Å². The molecule has 0 bridgehead atoms. The van der Waals surface area contributed by atoms with Crippen LogP contribution in [0.4, 0.5) is 0 Å². The second-order valence-electron chi connectivity index (χ2n) is 6.65. The quantitative estimate of drug-likeness (QED) is 0.199. The maximum atomic E-state index is 11.9. The van der Waals surface area contributed by atoms with Crippen molar-refractivity contribution in [2.24, 2.45) is 17.1 Å². The Kier molecular flexibility index (Phi) is 11.0. The van der Waals surface area contributed by atoms with Crippen LogP contribution >= 0.6 is 11.8 Å². The number of nitrogens with one attached hydrogen (secondary N) is 1. The fourth-order valence-corrected chi connectivity index (χ4v) is 3.16. The molecule has 9 heteroatoms. The largest absolute Gasteiger partial charge is 1.00 e. The number of aliphatic carboxylic acids is 2. The zero-order valence-electron chi connectivity index (χ0n) is 15.0. The zero-order valence-corrected chi connectivity index (χ0v) is 17.9. The number of nitrogens with two attached hydrogens (primary N) is 1. The van der Waals surface area contributed by atoms with Crippen LogP contribution in [-0.4, -0.2) is 40.5 Å². The predicted octanol–water partition coefficient (Wildman–Crippen LogP) is -2.90. The summed E-state index contributed by atoms with van der Waals surface area (Å²) in [5.74, 6) is -1.72. The number of carbonyl (C=O) groups excluding carboxylic acids is 2. The number of thioether (sulfide) groups is 1. The van der Waals surface area contributed by atoms with Crippen molar-refractivity contribution in [2.75, 3.05) is 11.5 Å². The molecule has 2 unspecified atom stereocenters. The van der Waals surface area contributed by atoms with E-state index in [0.717, 1.165) is 25.0 Å². The van der Waals surface area contributed by atoms with E-state index >= 15 is 0 Å². The number of allylic oxidation sites excluding steroid dienone is 1. The molecule has 0 radical (unpaired) electrons. The Morgan fingerprint density at radius 3 is 2.48 bits per heavy atom. The summed E-state index contributed by atoms with van der Waals surface area (Å²) in [5, 5.41) is 22.1. The summed E-state index contributed by atoms with van der Waals surface area (Å²) in [4.78, 5) is 33.6. The van der Waals surface area contributed by atoms with E-state index in [0.29, 0.717) is 12.2 Å². The van der Waals surface area contributed by atoms with Crippen LogP contribution in [0.1, 0.15) is 39.5 Å². The number of carboxylic acid groups (broad SMARTS) is 2. The summed E-state index contributed by atoms with van der Waals surface area (Å²) in [5.41, 5.74) is 5.21. The van der Waals surface area contributed by atoms with Crippen molar-refractivity contribution < 1.29 is 54.2 Å². The van der Waals surface area contributed by atoms with Crippen LogP contribution in [0.3, 0.4) is 0 Å². The summed E-state index contributed by atoms with van der Waals surface area (Å²) in [7, 11) is 0. The van der Waals surface area contributed by atoms with Gasteiger partial charge in [0, 0.05) is 11.7 Å². The Morgan fingerprint density at radius 2 is 2.00 bits per heavy atom. The molecule has 0 aromatic rings. The van der Waals surface area contributed by atoms with Gasteiger partial charge in [-0.25, -0.2) is 4.79 Å². The van der Waals surface area contributed by atoms with E-state index in [-0.39, 0.29) is 52.5 Å². The SMILES string of the molecule is CC1(C)CC1C(=O)N/C(=C\CCCCSCC(N)C(=O)[O-])C(=O)O.[Na+]. The summed E-state index contributed by atoms with van der Waals surface area (Å²) < 4.78 is 0. The van der Waals surface area contributed by atoms with Crippen molar-refractivity contribution in [2.45, 2.75) is 45.6 Å². The molecule has 0 heterocycles. The zero-order chi connectivity index (χ0) is 18.3. The molecule has 7 nitrogen and oxygen atoms in total. The van der Waals surface area contributed by atoms with Gasteiger partial charge in [-0.2, -0.15) is 11.8 Å². The van der Waals surface area contributed by atoms with Crippen LogP contribution in [-0.2, 0) is 14.4 Å². The molecule has 1 saturated carbocycles. The number of hydrogen-bond acceptors (Lipinski definition) is 6. The normalized spacial score (nSPS) is 19.5. The summed E-state index contributed by atoms with van der Waals surface area (Å²) in [6.45, 7) is 3.96. The van der Waals surface area contributed by atoms with E-state index in [4.69, 9.17) is 10.8 Å². The van der Waals surface area contributed by atoms with E-state index in [9.17, 15) is 19.5 Å². The van der Waals surface area contributed by atoms with E-state index in [1.165, 1.54) is 17.8 Å². The molecule has 136 valence electrons. The Hall–Kier alpha value is -0.540. The van der Waals surface area contributed by atoms with E-state index in [1.807, 2.05) is 13.8 Å². The van der Waals surface area contributed by atoms with E-state index in [2.05, 4.69) is 5.32 Å². The van der Waals surface area contributed by atoms with E-state index < -0.39 is 18.0 Å². The van der Waals surface area contributed by atoms with Crippen LogP contribution < -0.4 is 45.7 Å². The van der Waals surface area contributed by atoms with Crippen molar-refractivity contribution in [3.8, 4) is 0 Å². The van der Waals surface area contributed by atoms with Gasteiger partial charge in [-0.1, -0.05) is 19.9 Å². The third kappa shape index (κ3) is 9.10. The Morgan fingerprint density at radius 1 is 1.40 bits per heavy atom. The fraction of sp³-hybridized carbons (Fsp3) is 0.688. The average Bonchev–Trinajstić information content (AvgIpc) is 3.13. The molecular weight excluding hydrogens is 355 g/mol. The molecule has 1 aliphatic rings. The Labute approximate surface area is 174 Å². The standard InChI is InChI=1S/C16H26N2O5S.Na/c1-16(2)8-10(16)13(19)18-12(15(22)23)6-4-3-5-7-24-9-11(17)14(20)21;/h6,10-11H,3-5,7-9,17H2,1-2H3,(H,18,19)(H,20,21)(H,22,23);/q;+1/p-1/b12-6-;. The van der Waals surface area contributed by atoms with Gasteiger partial charge < -0.3 is 26.1 Å². The fourth-order valence-electron chi connectivity index (χ4n) is 2.20. The minimum Gasteiger partial charge on any atom is -0.548 e. The molecule has 0 aromatic heterocycles. The number of amides is 1. The van der Waals surface area contributed by atoms with Crippen LogP contribution in [0.15, 0.2) is 11.8 Å². The molecule has 0 spiro atoms. The number of unbranched alkanes of at least 4 members (excludes halogenated alkanes) is 2. The maximum Gasteiger partial charge on any atom is 1.00 e. The molecule has 1 fully saturated rings. The first-order valence-corrected chi connectivity index (χ1v) is 9.09. The van der Waals surface area contributed by atoms with Gasteiger partial charge in [0.05, 0.1) is 12.0 Å². The molecule has 0 aromatic carbocycles. The molecule has 0 saturated heterocycles. The van der Waals surface area contributed by atoms with Crippen LogP contribution in [0.25, 0.3) is 0 Å². The van der Waals surface area contributed by atoms with Gasteiger partial charge in [0.25, 0.3) is 0 Å². The molecule has 1 aliphatic carbocycles. The van der Waals surface area contributed by atoms with Gasteiger partial charge in [-0.15, -0.1) is 0 Å². The van der Waals surface area contributed by atoms with Crippen LogP contribution in [0.2, 0.25) is 0 Å². The summed E-state index contributed by atoms with van der Waals surface area (Å²) in [6.07, 6.45) is 4.37. The second-order valence-corrected chi connectivity index (χ2v) is 7.80. The number of rotatable bonds is 11. The van der Waals surface area contributed by atoms with Gasteiger partial charge in [0.2, 0.25) is 5.91 Å². The number of hydrogen-bond donors (Lipinski definition) is 3. The van der Waals surface area contributed by atoms with Crippen molar-refractivity contribution in [1.29, 1.82) is 0 Å². The molecule has 4 N–H and O–H groups in total. The first kappa shape index (κ1) is 24.5. The summed E-state index contributed by atoms with van der Waals surface area (Å²) >= 11 is 1.42. The molecule has 1 rings (SSSR count). The second kappa shape index (κ2) is 11.2. The number of carbonyl (C=O) groups is 3. The smallest absolute Gasteiger partial charge is 0.548 e. The molecule has 1 amide bonds. The van der Waals surface area contributed by atoms with Crippen LogP contribution in [0.5, 0.6) is 0 Å². The molecular formula is C16H25N2NaO5S. The maximum absolute atomic E-state index is 11.9. The molecule has 0 aliphatic heterocycles. The minimum absolute atomic E-state index is 0. The molecule has 25 heavy (non-hydrogen) atoms. The van der Waals surface area contributed by atoms with Crippen molar-refractivity contribution >= 4 is 29.6 Å². The first-order valence-electron chi connectivity index (χ1n) is 7.93. The monoisotopic (exact) mass is 380 g/mol. The number of carboxylic acids is 2. The Balaban J connectivity index is 0.00000576.